The Morgan fingerprint density at radius 3 is 2.96 bits per heavy atom. The summed E-state index contributed by atoms with van der Waals surface area (Å²) in [6, 6.07) is 8.21. The van der Waals surface area contributed by atoms with E-state index in [1.54, 1.807) is 6.20 Å². The number of anilines is 1. The summed E-state index contributed by atoms with van der Waals surface area (Å²) in [4.78, 5) is 0. The second-order valence-electron chi connectivity index (χ2n) is 5.52. The molecule has 1 aromatic carbocycles. The predicted molar refractivity (Wildman–Crippen MR) is 98.7 cm³/mol. The van der Waals surface area contributed by atoms with E-state index in [-0.39, 0.29) is 6.10 Å². The van der Waals surface area contributed by atoms with Gasteiger partial charge >= 0.3 is 0 Å². The molecular weight excluding hydrogens is 376 g/mol. The van der Waals surface area contributed by atoms with E-state index in [0.29, 0.717) is 5.11 Å². The molecule has 1 aliphatic heterocycles. The highest BCUT2D eigenvalue weighted by atomic mass is 79.9. The van der Waals surface area contributed by atoms with Crippen LogP contribution in [0.1, 0.15) is 18.4 Å². The standard InChI is InChI=1S/C16H19BrN4OS/c17-13-5-3-12(4-6-13)10-21-11-14(8-19-21)20-16(23)18-9-15-2-1-7-22-15/h3-6,8,11,15H,1-2,7,9-10H2,(H2,18,20,23). The molecule has 1 aromatic heterocycles. The van der Waals surface area contributed by atoms with E-state index in [0.717, 1.165) is 42.7 Å². The van der Waals surface area contributed by atoms with Crippen LogP contribution in [0.5, 0.6) is 0 Å². The summed E-state index contributed by atoms with van der Waals surface area (Å²) in [5.41, 5.74) is 2.08. The topological polar surface area (TPSA) is 51.1 Å². The van der Waals surface area contributed by atoms with Gasteiger partial charge in [-0.3, -0.25) is 4.68 Å². The second kappa shape index (κ2) is 7.90. The molecule has 1 unspecified atom stereocenters. The summed E-state index contributed by atoms with van der Waals surface area (Å²) in [6.07, 6.45) is 6.23. The molecule has 0 spiro atoms. The quantitative estimate of drug-likeness (QED) is 0.762. The van der Waals surface area contributed by atoms with Crippen molar-refractivity contribution in [3.8, 4) is 0 Å². The zero-order valence-corrected chi connectivity index (χ0v) is 15.1. The zero-order valence-electron chi connectivity index (χ0n) is 12.7. The average Bonchev–Trinajstić information content (AvgIpc) is 3.20. The molecule has 122 valence electrons. The second-order valence-corrected chi connectivity index (χ2v) is 6.85. The van der Waals surface area contributed by atoms with Crippen molar-refractivity contribution in [3.05, 3.63) is 46.7 Å². The first kappa shape index (κ1) is 16.4. The zero-order chi connectivity index (χ0) is 16.1. The van der Waals surface area contributed by atoms with E-state index >= 15 is 0 Å². The first-order valence-electron chi connectivity index (χ1n) is 7.62. The summed E-state index contributed by atoms with van der Waals surface area (Å²) in [5.74, 6) is 0. The lowest BCUT2D eigenvalue weighted by atomic mass is 10.2. The molecule has 23 heavy (non-hydrogen) atoms. The monoisotopic (exact) mass is 394 g/mol. The minimum absolute atomic E-state index is 0.273. The maximum atomic E-state index is 5.56. The van der Waals surface area contributed by atoms with E-state index in [4.69, 9.17) is 17.0 Å². The fourth-order valence-electron chi connectivity index (χ4n) is 2.48. The Morgan fingerprint density at radius 2 is 2.22 bits per heavy atom. The Bertz CT molecular complexity index is 652. The van der Waals surface area contributed by atoms with Gasteiger partial charge in [-0.05, 0) is 42.8 Å². The fourth-order valence-corrected chi connectivity index (χ4v) is 2.94. The van der Waals surface area contributed by atoms with Crippen molar-refractivity contribution in [2.75, 3.05) is 18.5 Å². The van der Waals surface area contributed by atoms with Crippen LogP contribution in [0.3, 0.4) is 0 Å². The number of benzene rings is 1. The highest BCUT2D eigenvalue weighted by Gasteiger charge is 2.15. The molecule has 5 nitrogen and oxygen atoms in total. The van der Waals surface area contributed by atoms with Crippen LogP contribution in [-0.4, -0.2) is 34.1 Å². The van der Waals surface area contributed by atoms with E-state index in [1.165, 1.54) is 5.56 Å². The molecule has 1 fully saturated rings. The van der Waals surface area contributed by atoms with Gasteiger partial charge in [-0.2, -0.15) is 5.10 Å². The van der Waals surface area contributed by atoms with Gasteiger partial charge in [0.25, 0.3) is 0 Å². The van der Waals surface area contributed by atoms with E-state index in [9.17, 15) is 0 Å². The molecule has 1 aliphatic rings. The van der Waals surface area contributed by atoms with Crippen molar-refractivity contribution in [1.82, 2.24) is 15.1 Å². The van der Waals surface area contributed by atoms with E-state index in [2.05, 4.69) is 43.8 Å². The Balaban J connectivity index is 1.48. The maximum absolute atomic E-state index is 5.56. The first-order chi connectivity index (χ1) is 11.2. The van der Waals surface area contributed by atoms with Crippen LogP contribution in [0, 0.1) is 0 Å². The number of hydrogen-bond acceptors (Lipinski definition) is 3. The highest BCUT2D eigenvalue weighted by Crippen LogP contribution is 2.13. The summed E-state index contributed by atoms with van der Waals surface area (Å²) in [6.45, 7) is 2.33. The van der Waals surface area contributed by atoms with Gasteiger partial charge in [0.05, 0.1) is 24.5 Å². The molecule has 1 atom stereocenters. The smallest absolute Gasteiger partial charge is 0.170 e. The molecule has 1 saturated heterocycles. The number of thiocarbonyl (C=S) groups is 1. The largest absolute Gasteiger partial charge is 0.376 e. The van der Waals surface area contributed by atoms with Crippen molar-refractivity contribution >= 4 is 38.9 Å². The van der Waals surface area contributed by atoms with Crippen molar-refractivity contribution in [1.29, 1.82) is 0 Å². The minimum Gasteiger partial charge on any atom is -0.376 e. The lowest BCUT2D eigenvalue weighted by molar-refractivity contribution is 0.114. The van der Waals surface area contributed by atoms with Crippen LogP contribution in [0.25, 0.3) is 0 Å². The van der Waals surface area contributed by atoms with Gasteiger partial charge in [-0.15, -0.1) is 0 Å². The summed E-state index contributed by atoms with van der Waals surface area (Å²) >= 11 is 8.74. The molecule has 3 rings (SSSR count). The van der Waals surface area contributed by atoms with Gasteiger partial charge < -0.3 is 15.4 Å². The Labute approximate surface area is 149 Å². The summed E-state index contributed by atoms with van der Waals surface area (Å²) in [7, 11) is 0. The lowest BCUT2D eigenvalue weighted by Crippen LogP contribution is -2.34. The van der Waals surface area contributed by atoms with Gasteiger partial charge in [-0.25, -0.2) is 0 Å². The number of aromatic nitrogens is 2. The van der Waals surface area contributed by atoms with Crippen LogP contribution in [0.2, 0.25) is 0 Å². The number of rotatable bonds is 5. The minimum atomic E-state index is 0.273. The molecular formula is C16H19BrN4OS. The number of halogens is 1. The summed E-state index contributed by atoms with van der Waals surface area (Å²) in [5, 5.41) is 11.3. The van der Waals surface area contributed by atoms with Crippen LogP contribution in [-0.2, 0) is 11.3 Å². The predicted octanol–water partition coefficient (Wildman–Crippen LogP) is 3.16. The molecule has 2 N–H and O–H groups in total. The van der Waals surface area contributed by atoms with Crippen molar-refractivity contribution < 1.29 is 4.74 Å². The third-order valence-corrected chi connectivity index (χ3v) is 4.44. The lowest BCUT2D eigenvalue weighted by Gasteiger charge is -2.13. The van der Waals surface area contributed by atoms with Crippen LogP contribution in [0.15, 0.2) is 41.1 Å². The van der Waals surface area contributed by atoms with Crippen molar-refractivity contribution in [3.63, 3.8) is 0 Å². The Hall–Kier alpha value is -1.44. The molecule has 0 radical (unpaired) electrons. The molecule has 0 saturated carbocycles. The van der Waals surface area contributed by atoms with Crippen LogP contribution in [0.4, 0.5) is 5.69 Å². The average molecular weight is 395 g/mol. The third-order valence-electron chi connectivity index (χ3n) is 3.66. The van der Waals surface area contributed by atoms with Gasteiger partial charge in [0.1, 0.15) is 0 Å². The molecule has 0 bridgehead atoms. The number of ether oxygens (including phenoxy) is 1. The molecule has 0 aliphatic carbocycles. The van der Waals surface area contributed by atoms with E-state index in [1.807, 2.05) is 23.0 Å². The Morgan fingerprint density at radius 1 is 1.39 bits per heavy atom. The molecule has 2 heterocycles. The molecule has 0 amide bonds. The normalized spacial score (nSPS) is 17.2. The molecule has 7 heteroatoms. The van der Waals surface area contributed by atoms with Crippen LogP contribution >= 0.6 is 28.1 Å². The number of hydrogen-bond donors (Lipinski definition) is 2. The van der Waals surface area contributed by atoms with Crippen molar-refractivity contribution in [2.45, 2.75) is 25.5 Å². The van der Waals surface area contributed by atoms with Crippen LogP contribution < -0.4 is 10.6 Å². The summed E-state index contributed by atoms with van der Waals surface area (Å²) < 4.78 is 8.52. The first-order valence-corrected chi connectivity index (χ1v) is 8.82. The number of nitrogens with zero attached hydrogens (tertiary/aromatic N) is 2. The van der Waals surface area contributed by atoms with Gasteiger partial charge in [0.15, 0.2) is 5.11 Å². The van der Waals surface area contributed by atoms with Crippen molar-refractivity contribution in [2.24, 2.45) is 0 Å². The fraction of sp³-hybridized carbons (Fsp3) is 0.375. The van der Waals surface area contributed by atoms with Gasteiger partial charge in [-0.1, -0.05) is 28.1 Å². The van der Waals surface area contributed by atoms with E-state index < -0.39 is 0 Å². The third kappa shape index (κ3) is 5.02. The molecule has 2 aromatic rings. The highest BCUT2D eigenvalue weighted by molar-refractivity contribution is 9.10. The Kier molecular flexibility index (Phi) is 5.64. The number of nitrogens with one attached hydrogen (secondary N) is 2. The maximum Gasteiger partial charge on any atom is 0.170 e. The van der Waals surface area contributed by atoms with Gasteiger partial charge in [0.2, 0.25) is 0 Å². The SMILES string of the molecule is S=C(NCC1CCCO1)Nc1cnn(Cc2ccc(Br)cc2)c1. The van der Waals surface area contributed by atoms with Gasteiger partial charge in [0, 0.05) is 23.8 Å².